The van der Waals surface area contributed by atoms with Gasteiger partial charge in [-0.15, -0.1) is 0 Å². The monoisotopic (exact) mass is 462 g/mol. The number of ether oxygens (including phenoxy) is 1. The van der Waals surface area contributed by atoms with Crippen LogP contribution in [-0.4, -0.2) is 42.2 Å². The number of carbonyl (C=O) groups is 1. The third-order valence-corrected chi connectivity index (χ3v) is 6.91. The van der Waals surface area contributed by atoms with Crippen LogP contribution in [0.4, 0.5) is 0 Å². The van der Waals surface area contributed by atoms with E-state index < -0.39 is 0 Å². The highest BCUT2D eigenvalue weighted by Crippen LogP contribution is 2.27. The van der Waals surface area contributed by atoms with E-state index in [-0.39, 0.29) is 5.97 Å². The average molecular weight is 463 g/mol. The smallest absolute Gasteiger partial charge is 0.337 e. The van der Waals surface area contributed by atoms with Crippen molar-refractivity contribution in [2.75, 3.05) is 26.7 Å². The van der Waals surface area contributed by atoms with Crippen LogP contribution in [0.15, 0.2) is 42.5 Å². The van der Waals surface area contributed by atoms with Gasteiger partial charge in [0.25, 0.3) is 0 Å². The van der Waals surface area contributed by atoms with E-state index in [1.54, 1.807) is 0 Å². The Morgan fingerprint density at radius 1 is 1.00 bits per heavy atom. The highest BCUT2D eigenvalue weighted by atomic mass is 16.5. The topological polar surface area (TPSA) is 34.5 Å². The van der Waals surface area contributed by atoms with Crippen LogP contribution in [0.2, 0.25) is 0 Å². The number of benzene rings is 2. The summed E-state index contributed by atoms with van der Waals surface area (Å²) in [5, 5.41) is 1.35. The number of hydrogen-bond donors (Lipinski definition) is 0. The Kier molecular flexibility index (Phi) is 9.35. The summed E-state index contributed by atoms with van der Waals surface area (Å²) in [6.45, 7) is 16.0. The van der Waals surface area contributed by atoms with Crippen molar-refractivity contribution < 1.29 is 9.53 Å². The maximum Gasteiger partial charge on any atom is 0.337 e. The number of nitrogens with zero attached hydrogens (tertiary/aromatic N) is 2. The van der Waals surface area contributed by atoms with Gasteiger partial charge in [0, 0.05) is 23.1 Å². The zero-order chi connectivity index (χ0) is 24.7. The normalized spacial score (nSPS) is 11.6. The van der Waals surface area contributed by atoms with E-state index in [1.165, 1.54) is 79.3 Å². The molecule has 3 rings (SSSR count). The molecule has 0 spiro atoms. The quantitative estimate of drug-likeness (QED) is 0.278. The number of fused-ring (bicyclic) bond motifs is 1. The fourth-order valence-corrected chi connectivity index (χ4v) is 4.75. The summed E-state index contributed by atoms with van der Waals surface area (Å²) >= 11 is 0. The van der Waals surface area contributed by atoms with Crippen LogP contribution in [-0.2, 0) is 17.7 Å². The van der Waals surface area contributed by atoms with Gasteiger partial charge in [0.1, 0.15) is 0 Å². The van der Waals surface area contributed by atoms with Gasteiger partial charge in [0.05, 0.1) is 12.7 Å². The molecule has 0 aliphatic heterocycles. The Morgan fingerprint density at radius 2 is 1.71 bits per heavy atom. The van der Waals surface area contributed by atoms with Gasteiger partial charge in [0.2, 0.25) is 0 Å². The molecule has 0 bridgehead atoms. The van der Waals surface area contributed by atoms with Gasteiger partial charge in [-0.2, -0.15) is 0 Å². The van der Waals surface area contributed by atoms with E-state index >= 15 is 0 Å². The SMILES string of the molecule is CCCN(CCCn1c(C)c(C)c2cc(Cc3ccc(C(=O)OC)cc3)ccc21)CCC(C)C. The highest BCUT2D eigenvalue weighted by molar-refractivity contribution is 5.89. The van der Waals surface area contributed by atoms with Gasteiger partial charge in [-0.05, 0) is 106 Å². The molecule has 0 saturated heterocycles. The minimum atomic E-state index is -0.293. The van der Waals surface area contributed by atoms with E-state index in [4.69, 9.17) is 4.74 Å². The molecule has 0 radical (unpaired) electrons. The number of hydrogen-bond acceptors (Lipinski definition) is 3. The molecular formula is C30H42N2O2. The largest absolute Gasteiger partial charge is 0.465 e. The number of aryl methyl sites for hydroxylation is 2. The summed E-state index contributed by atoms with van der Waals surface area (Å²) in [4.78, 5) is 14.3. The molecule has 0 aliphatic carbocycles. The summed E-state index contributed by atoms with van der Waals surface area (Å²) in [5.74, 6) is 0.468. The van der Waals surface area contributed by atoms with Crippen LogP contribution in [0, 0.1) is 19.8 Å². The maximum absolute atomic E-state index is 11.7. The summed E-state index contributed by atoms with van der Waals surface area (Å²) in [6, 6.07) is 14.6. The molecule has 3 aromatic rings. The molecular weight excluding hydrogens is 420 g/mol. The van der Waals surface area contributed by atoms with Gasteiger partial charge >= 0.3 is 5.97 Å². The van der Waals surface area contributed by atoms with Gasteiger partial charge in [0.15, 0.2) is 0 Å². The van der Waals surface area contributed by atoms with Crippen LogP contribution in [0.1, 0.15) is 72.8 Å². The number of carbonyl (C=O) groups excluding carboxylic acids is 1. The van der Waals surface area contributed by atoms with Crippen molar-refractivity contribution in [3.63, 3.8) is 0 Å². The standard InChI is InChI=1S/C30H42N2O2/c1-7-16-31(19-15-22(2)3)17-8-18-32-24(5)23(4)28-21-26(11-14-29(28)32)20-25-9-12-27(13-10-25)30(33)34-6/h9-14,21-22H,7-8,15-20H2,1-6H3. The van der Waals surface area contributed by atoms with Crippen LogP contribution in [0.25, 0.3) is 10.9 Å². The van der Waals surface area contributed by atoms with Gasteiger partial charge in [-0.3, -0.25) is 0 Å². The number of esters is 1. The van der Waals surface area contributed by atoms with E-state index in [9.17, 15) is 4.79 Å². The van der Waals surface area contributed by atoms with E-state index in [0.717, 1.165) is 18.9 Å². The Bertz CT molecular complexity index is 1080. The van der Waals surface area contributed by atoms with Crippen molar-refractivity contribution in [2.45, 2.75) is 66.8 Å². The van der Waals surface area contributed by atoms with Crippen molar-refractivity contribution in [1.29, 1.82) is 0 Å². The molecule has 1 aromatic heterocycles. The third-order valence-electron chi connectivity index (χ3n) is 6.91. The molecule has 0 fully saturated rings. The van der Waals surface area contributed by atoms with E-state index in [1.807, 2.05) is 24.3 Å². The Hall–Kier alpha value is -2.59. The third kappa shape index (κ3) is 6.50. The second-order valence-corrected chi connectivity index (χ2v) is 9.96. The maximum atomic E-state index is 11.7. The predicted molar refractivity (Wildman–Crippen MR) is 143 cm³/mol. The number of aromatic nitrogens is 1. The second kappa shape index (κ2) is 12.2. The number of methoxy groups -OCH3 is 1. The molecule has 4 nitrogen and oxygen atoms in total. The van der Waals surface area contributed by atoms with Crippen LogP contribution < -0.4 is 0 Å². The van der Waals surface area contributed by atoms with E-state index in [2.05, 4.69) is 62.3 Å². The first-order valence-electron chi connectivity index (χ1n) is 12.8. The minimum Gasteiger partial charge on any atom is -0.465 e. The lowest BCUT2D eigenvalue weighted by atomic mass is 10.0. The molecule has 0 unspecified atom stereocenters. The van der Waals surface area contributed by atoms with Crippen LogP contribution >= 0.6 is 0 Å². The van der Waals surface area contributed by atoms with Crippen molar-refractivity contribution in [2.24, 2.45) is 5.92 Å². The number of rotatable bonds is 12. The van der Waals surface area contributed by atoms with Gasteiger partial charge < -0.3 is 14.2 Å². The minimum absolute atomic E-state index is 0.293. The predicted octanol–water partition coefficient (Wildman–Crippen LogP) is 6.78. The summed E-state index contributed by atoms with van der Waals surface area (Å²) in [7, 11) is 1.41. The van der Waals surface area contributed by atoms with Crippen molar-refractivity contribution in [3.8, 4) is 0 Å². The first-order valence-corrected chi connectivity index (χ1v) is 12.8. The molecule has 0 aliphatic rings. The van der Waals surface area contributed by atoms with Crippen molar-refractivity contribution in [3.05, 3.63) is 70.4 Å². The van der Waals surface area contributed by atoms with E-state index in [0.29, 0.717) is 5.56 Å². The molecule has 0 saturated carbocycles. The lowest BCUT2D eigenvalue weighted by Gasteiger charge is -2.23. The van der Waals surface area contributed by atoms with Gasteiger partial charge in [-0.1, -0.05) is 39.0 Å². The second-order valence-electron chi connectivity index (χ2n) is 9.96. The van der Waals surface area contributed by atoms with Crippen LogP contribution in [0.3, 0.4) is 0 Å². The Balaban J connectivity index is 1.70. The molecule has 1 heterocycles. The Labute approximate surface area is 205 Å². The molecule has 0 atom stereocenters. The lowest BCUT2D eigenvalue weighted by molar-refractivity contribution is 0.0600. The zero-order valence-electron chi connectivity index (χ0n) is 22.0. The van der Waals surface area contributed by atoms with Crippen LogP contribution in [0.5, 0.6) is 0 Å². The van der Waals surface area contributed by atoms with Crippen molar-refractivity contribution >= 4 is 16.9 Å². The lowest BCUT2D eigenvalue weighted by Crippen LogP contribution is -2.28. The summed E-state index contributed by atoms with van der Waals surface area (Å²) in [5.41, 5.74) is 7.16. The van der Waals surface area contributed by atoms with Gasteiger partial charge in [-0.25, -0.2) is 4.79 Å². The van der Waals surface area contributed by atoms with Crippen molar-refractivity contribution in [1.82, 2.24) is 9.47 Å². The molecule has 34 heavy (non-hydrogen) atoms. The first-order chi connectivity index (χ1) is 16.3. The zero-order valence-corrected chi connectivity index (χ0v) is 22.0. The average Bonchev–Trinajstić information content (AvgIpc) is 3.06. The summed E-state index contributed by atoms with van der Waals surface area (Å²) in [6.07, 6.45) is 4.52. The highest BCUT2D eigenvalue weighted by Gasteiger charge is 2.13. The molecule has 0 N–H and O–H groups in total. The fourth-order valence-electron chi connectivity index (χ4n) is 4.75. The molecule has 184 valence electrons. The Morgan fingerprint density at radius 3 is 2.35 bits per heavy atom. The molecule has 2 aromatic carbocycles. The molecule has 0 amide bonds. The summed E-state index contributed by atoms with van der Waals surface area (Å²) < 4.78 is 7.31. The first kappa shape index (κ1) is 26.0. The fraction of sp³-hybridized carbons (Fsp3) is 0.500. The molecule has 4 heteroatoms.